The van der Waals surface area contributed by atoms with E-state index in [1.54, 1.807) is 0 Å². The van der Waals surface area contributed by atoms with Gasteiger partial charge in [-0.3, -0.25) is 0 Å². The van der Waals surface area contributed by atoms with Gasteiger partial charge in [-0.15, -0.1) is 24.0 Å². The van der Waals surface area contributed by atoms with Crippen LogP contribution < -0.4 is 25.3 Å². The van der Waals surface area contributed by atoms with E-state index in [1.807, 2.05) is 56.3 Å². The lowest BCUT2D eigenvalue weighted by Crippen LogP contribution is -2.25. The molecule has 2 aromatic rings. The Bertz CT molecular complexity index is 783. The van der Waals surface area contributed by atoms with Crippen molar-refractivity contribution in [1.29, 1.82) is 0 Å². The third-order valence-electron chi connectivity index (χ3n) is 3.87. The smallest absolute Gasteiger partial charge is 0.193 e. The van der Waals surface area contributed by atoms with Gasteiger partial charge < -0.3 is 25.3 Å². The molecule has 0 bridgehead atoms. The minimum Gasteiger partial charge on any atom is -0.490 e. The summed E-state index contributed by atoms with van der Waals surface area (Å²) in [6, 6.07) is 13.6. The van der Waals surface area contributed by atoms with Crippen LogP contribution in [-0.4, -0.2) is 31.8 Å². The number of ether oxygens (including phenoxy) is 3. The Balaban J connectivity index is 0.00000261. The minimum absolute atomic E-state index is 0. The monoisotopic (exact) mass is 483 g/mol. The van der Waals surface area contributed by atoms with Crippen molar-refractivity contribution >= 4 is 35.6 Å². The number of fused-ring (bicyclic) bond motifs is 1. The van der Waals surface area contributed by atoms with Crippen LogP contribution in [-0.2, 0) is 0 Å². The molecule has 0 fully saturated rings. The maximum absolute atomic E-state index is 5.99. The molecule has 1 heterocycles. The molecule has 1 aliphatic heterocycles. The number of guanidine groups is 1. The van der Waals surface area contributed by atoms with Crippen molar-refractivity contribution in [3.8, 4) is 17.2 Å². The predicted octanol–water partition coefficient (Wildman–Crippen LogP) is 3.97. The van der Waals surface area contributed by atoms with E-state index in [4.69, 9.17) is 19.9 Å². The van der Waals surface area contributed by atoms with Gasteiger partial charge >= 0.3 is 0 Å². The molecular formula is C20H26IN3O3. The van der Waals surface area contributed by atoms with E-state index >= 15 is 0 Å². The van der Waals surface area contributed by atoms with E-state index in [0.29, 0.717) is 25.7 Å². The maximum Gasteiger partial charge on any atom is 0.193 e. The molecule has 2 aromatic carbocycles. The number of benzene rings is 2. The van der Waals surface area contributed by atoms with Crippen molar-refractivity contribution in [2.24, 2.45) is 10.7 Å². The van der Waals surface area contributed by atoms with Gasteiger partial charge in [0, 0.05) is 18.2 Å². The van der Waals surface area contributed by atoms with Crippen LogP contribution in [0.4, 0.5) is 5.69 Å². The third kappa shape index (κ3) is 6.50. The van der Waals surface area contributed by atoms with Crippen molar-refractivity contribution in [3.63, 3.8) is 0 Å². The Hall–Kier alpha value is -2.16. The van der Waals surface area contributed by atoms with Gasteiger partial charge in [0.15, 0.2) is 17.5 Å². The minimum atomic E-state index is -0.0825. The molecule has 1 atom stereocenters. The Morgan fingerprint density at radius 3 is 2.74 bits per heavy atom. The first kappa shape index (κ1) is 21.1. The van der Waals surface area contributed by atoms with Crippen molar-refractivity contribution in [2.45, 2.75) is 26.4 Å². The van der Waals surface area contributed by atoms with E-state index in [2.05, 4.69) is 10.3 Å². The van der Waals surface area contributed by atoms with Gasteiger partial charge in [-0.2, -0.15) is 0 Å². The highest BCUT2D eigenvalue weighted by Crippen LogP contribution is 2.32. The van der Waals surface area contributed by atoms with Crippen molar-refractivity contribution < 1.29 is 14.2 Å². The van der Waals surface area contributed by atoms with Crippen LogP contribution in [0.3, 0.4) is 0 Å². The molecule has 1 unspecified atom stereocenters. The van der Waals surface area contributed by atoms with Crippen molar-refractivity contribution in [2.75, 3.05) is 25.1 Å². The fourth-order valence-corrected chi connectivity index (χ4v) is 2.61. The first-order valence-corrected chi connectivity index (χ1v) is 8.80. The van der Waals surface area contributed by atoms with Gasteiger partial charge in [-0.05, 0) is 43.7 Å². The molecule has 3 N–H and O–H groups in total. The summed E-state index contributed by atoms with van der Waals surface area (Å²) in [6.45, 7) is 5.77. The SMILES string of the molecule is Cc1cccc(OC(C)CN=C(N)Nc2ccc3c(c2)OCCCO3)c1.I. The Morgan fingerprint density at radius 2 is 1.96 bits per heavy atom. The molecular weight excluding hydrogens is 457 g/mol. The summed E-state index contributed by atoms with van der Waals surface area (Å²) in [4.78, 5) is 4.35. The number of nitrogens with two attached hydrogens (primary N) is 1. The summed E-state index contributed by atoms with van der Waals surface area (Å²) in [5.74, 6) is 2.64. The summed E-state index contributed by atoms with van der Waals surface area (Å²) < 4.78 is 17.2. The zero-order valence-electron chi connectivity index (χ0n) is 15.6. The van der Waals surface area contributed by atoms with Crippen LogP contribution >= 0.6 is 24.0 Å². The topological polar surface area (TPSA) is 78.1 Å². The second kappa shape index (κ2) is 10.2. The molecule has 1 aliphatic rings. The van der Waals surface area contributed by atoms with Crippen LogP contribution in [0.25, 0.3) is 0 Å². The number of nitrogens with zero attached hydrogens (tertiary/aromatic N) is 1. The molecule has 3 rings (SSSR count). The number of aryl methyl sites for hydroxylation is 1. The summed E-state index contributed by atoms with van der Waals surface area (Å²) in [5, 5.41) is 3.08. The maximum atomic E-state index is 5.99. The standard InChI is InChI=1S/C20H25N3O3.HI/c1-14-5-3-6-17(11-14)26-15(2)13-22-20(21)23-16-7-8-18-19(12-16)25-10-4-9-24-18;/h3,5-8,11-12,15H,4,9-10,13H2,1-2H3,(H3,21,22,23);1H. The van der Waals surface area contributed by atoms with Crippen molar-refractivity contribution in [1.82, 2.24) is 0 Å². The summed E-state index contributed by atoms with van der Waals surface area (Å²) in [7, 11) is 0. The van der Waals surface area contributed by atoms with Gasteiger partial charge in [-0.1, -0.05) is 12.1 Å². The zero-order valence-corrected chi connectivity index (χ0v) is 17.9. The normalized spacial score (nSPS) is 14.5. The summed E-state index contributed by atoms with van der Waals surface area (Å²) in [6.07, 6.45) is 0.792. The van der Waals surface area contributed by atoms with E-state index in [-0.39, 0.29) is 30.1 Å². The molecule has 146 valence electrons. The second-order valence-corrected chi connectivity index (χ2v) is 6.31. The number of aliphatic imine (C=N–C) groups is 1. The largest absolute Gasteiger partial charge is 0.490 e. The Morgan fingerprint density at radius 1 is 1.19 bits per heavy atom. The van der Waals surface area contributed by atoms with Gasteiger partial charge in [0.1, 0.15) is 11.9 Å². The molecule has 0 saturated carbocycles. The van der Waals surface area contributed by atoms with Gasteiger partial charge in [-0.25, -0.2) is 4.99 Å². The molecule has 0 aliphatic carbocycles. The number of anilines is 1. The van der Waals surface area contributed by atoms with E-state index in [1.165, 1.54) is 0 Å². The molecule has 0 saturated heterocycles. The lowest BCUT2D eigenvalue weighted by molar-refractivity contribution is 0.230. The Labute approximate surface area is 177 Å². The summed E-state index contributed by atoms with van der Waals surface area (Å²) in [5.41, 5.74) is 7.96. The lowest BCUT2D eigenvalue weighted by Gasteiger charge is -2.14. The molecule has 27 heavy (non-hydrogen) atoms. The van der Waals surface area contributed by atoms with Crippen LogP contribution in [0, 0.1) is 6.92 Å². The average Bonchev–Trinajstić information content (AvgIpc) is 2.85. The Kier molecular flexibility index (Phi) is 8.02. The highest BCUT2D eigenvalue weighted by atomic mass is 127. The molecule has 0 aromatic heterocycles. The van der Waals surface area contributed by atoms with E-state index in [0.717, 1.165) is 34.9 Å². The van der Waals surface area contributed by atoms with Crippen molar-refractivity contribution in [3.05, 3.63) is 48.0 Å². The van der Waals surface area contributed by atoms with Crippen LogP contribution in [0.2, 0.25) is 0 Å². The highest BCUT2D eigenvalue weighted by molar-refractivity contribution is 14.0. The first-order chi connectivity index (χ1) is 12.6. The third-order valence-corrected chi connectivity index (χ3v) is 3.87. The summed E-state index contributed by atoms with van der Waals surface area (Å²) >= 11 is 0. The van der Waals surface area contributed by atoms with Crippen LogP contribution in [0.5, 0.6) is 17.2 Å². The molecule has 0 radical (unpaired) electrons. The van der Waals surface area contributed by atoms with Gasteiger partial charge in [0.05, 0.1) is 19.8 Å². The average molecular weight is 483 g/mol. The number of nitrogens with one attached hydrogen (secondary N) is 1. The quantitative estimate of drug-likeness (QED) is 0.383. The first-order valence-electron chi connectivity index (χ1n) is 8.80. The predicted molar refractivity (Wildman–Crippen MR) is 119 cm³/mol. The number of hydrogen-bond donors (Lipinski definition) is 2. The highest BCUT2D eigenvalue weighted by Gasteiger charge is 2.11. The second-order valence-electron chi connectivity index (χ2n) is 6.31. The molecule has 7 heteroatoms. The lowest BCUT2D eigenvalue weighted by atomic mass is 10.2. The number of hydrogen-bond acceptors (Lipinski definition) is 4. The van der Waals surface area contributed by atoms with Gasteiger partial charge in [0.2, 0.25) is 0 Å². The number of rotatable bonds is 5. The van der Waals surface area contributed by atoms with Crippen LogP contribution in [0.15, 0.2) is 47.5 Å². The zero-order chi connectivity index (χ0) is 18.4. The van der Waals surface area contributed by atoms with E-state index in [9.17, 15) is 0 Å². The number of halogens is 1. The fraction of sp³-hybridized carbons (Fsp3) is 0.350. The van der Waals surface area contributed by atoms with Gasteiger partial charge in [0.25, 0.3) is 0 Å². The molecule has 0 spiro atoms. The van der Waals surface area contributed by atoms with E-state index < -0.39 is 0 Å². The molecule has 6 nitrogen and oxygen atoms in total. The molecule has 0 amide bonds. The fourth-order valence-electron chi connectivity index (χ4n) is 2.61. The van der Waals surface area contributed by atoms with Crippen LogP contribution in [0.1, 0.15) is 18.9 Å².